The van der Waals surface area contributed by atoms with E-state index < -0.39 is 6.04 Å². The number of benzene rings is 3. The molecule has 3 aromatic rings. The Hall–Kier alpha value is -3.21. The smallest absolute Gasteiger partial charge is 0.251 e. The zero-order valence-corrected chi connectivity index (χ0v) is 14.2. The van der Waals surface area contributed by atoms with Gasteiger partial charge in [-0.05, 0) is 54.4 Å². The van der Waals surface area contributed by atoms with E-state index in [4.69, 9.17) is 0 Å². The number of amides is 1. The molecule has 0 aliphatic carbocycles. The van der Waals surface area contributed by atoms with E-state index in [1.807, 2.05) is 30.3 Å². The Morgan fingerprint density at radius 3 is 2.19 bits per heavy atom. The molecule has 0 aliphatic heterocycles. The van der Waals surface area contributed by atoms with Crippen molar-refractivity contribution < 1.29 is 13.6 Å². The van der Waals surface area contributed by atoms with Gasteiger partial charge in [0, 0.05) is 11.4 Å². The minimum atomic E-state index is -0.733. The van der Waals surface area contributed by atoms with Crippen LogP contribution in [0.4, 0.5) is 20.2 Å². The van der Waals surface area contributed by atoms with Gasteiger partial charge in [0.25, 0.3) is 5.91 Å². The summed E-state index contributed by atoms with van der Waals surface area (Å²) in [6.07, 6.45) is 0. The highest BCUT2D eigenvalue weighted by Crippen LogP contribution is 2.23. The lowest BCUT2D eigenvalue weighted by molar-refractivity contribution is -0.117. The lowest BCUT2D eigenvalue weighted by Gasteiger charge is -2.20. The maximum Gasteiger partial charge on any atom is 0.251 e. The van der Waals surface area contributed by atoms with E-state index in [-0.39, 0.29) is 17.5 Å². The van der Waals surface area contributed by atoms with Gasteiger partial charge in [0.2, 0.25) is 0 Å². The SMILES string of the molecule is Cc1ccc(NC(C(=O)Nc2ccc(F)cc2)c2ccccc2)cc1F. The molecule has 0 saturated carbocycles. The quantitative estimate of drug-likeness (QED) is 0.673. The van der Waals surface area contributed by atoms with Crippen LogP contribution in [-0.2, 0) is 4.79 Å². The second-order valence-electron chi connectivity index (χ2n) is 5.95. The summed E-state index contributed by atoms with van der Waals surface area (Å²) in [7, 11) is 0. The van der Waals surface area contributed by atoms with Crippen LogP contribution >= 0.6 is 0 Å². The summed E-state index contributed by atoms with van der Waals surface area (Å²) in [6, 6.07) is 18.6. The first-order valence-corrected chi connectivity index (χ1v) is 8.17. The summed E-state index contributed by atoms with van der Waals surface area (Å²) >= 11 is 0. The zero-order chi connectivity index (χ0) is 18.5. The van der Waals surface area contributed by atoms with Crippen LogP contribution in [0.25, 0.3) is 0 Å². The van der Waals surface area contributed by atoms with Crippen LogP contribution in [0.3, 0.4) is 0 Å². The van der Waals surface area contributed by atoms with E-state index in [0.717, 1.165) is 5.56 Å². The number of carbonyl (C=O) groups excluding carboxylic acids is 1. The van der Waals surface area contributed by atoms with Gasteiger partial charge in [-0.1, -0.05) is 36.4 Å². The molecule has 0 radical (unpaired) electrons. The number of rotatable bonds is 5. The zero-order valence-electron chi connectivity index (χ0n) is 14.2. The first-order chi connectivity index (χ1) is 12.5. The van der Waals surface area contributed by atoms with Crippen LogP contribution in [-0.4, -0.2) is 5.91 Å². The predicted octanol–water partition coefficient (Wildman–Crippen LogP) is 5.07. The number of nitrogens with one attached hydrogen (secondary N) is 2. The maximum atomic E-state index is 13.8. The normalized spacial score (nSPS) is 11.7. The first-order valence-electron chi connectivity index (χ1n) is 8.17. The Morgan fingerprint density at radius 2 is 1.54 bits per heavy atom. The average molecular weight is 352 g/mol. The summed E-state index contributed by atoms with van der Waals surface area (Å²) in [5.41, 5.74) is 2.24. The lowest BCUT2D eigenvalue weighted by atomic mass is 10.1. The standard InChI is InChI=1S/C21H18F2N2O/c1-14-7-10-18(13-19(14)23)24-20(15-5-3-2-4-6-15)21(26)25-17-11-8-16(22)9-12-17/h2-13,20,24H,1H3,(H,25,26). The van der Waals surface area contributed by atoms with Crippen molar-refractivity contribution in [2.24, 2.45) is 0 Å². The summed E-state index contributed by atoms with van der Waals surface area (Å²) < 4.78 is 26.9. The van der Waals surface area contributed by atoms with Crippen molar-refractivity contribution in [3.63, 3.8) is 0 Å². The second-order valence-corrected chi connectivity index (χ2v) is 5.95. The summed E-state index contributed by atoms with van der Waals surface area (Å²) in [5, 5.41) is 5.82. The Kier molecular flexibility index (Phi) is 5.27. The van der Waals surface area contributed by atoms with E-state index in [1.165, 1.54) is 30.3 Å². The summed E-state index contributed by atoms with van der Waals surface area (Å²) in [4.78, 5) is 12.8. The second kappa shape index (κ2) is 7.78. The molecule has 3 nitrogen and oxygen atoms in total. The molecule has 0 heterocycles. The topological polar surface area (TPSA) is 41.1 Å². The highest BCUT2D eigenvalue weighted by molar-refractivity contribution is 5.97. The third-order valence-corrected chi connectivity index (χ3v) is 3.99. The highest BCUT2D eigenvalue weighted by atomic mass is 19.1. The molecule has 26 heavy (non-hydrogen) atoms. The van der Waals surface area contributed by atoms with Crippen LogP contribution in [0.2, 0.25) is 0 Å². The minimum Gasteiger partial charge on any atom is -0.370 e. The molecule has 0 fully saturated rings. The number of hydrogen-bond donors (Lipinski definition) is 2. The van der Waals surface area contributed by atoms with Crippen LogP contribution in [0.1, 0.15) is 17.2 Å². The van der Waals surface area contributed by atoms with Gasteiger partial charge in [-0.2, -0.15) is 0 Å². The highest BCUT2D eigenvalue weighted by Gasteiger charge is 2.21. The maximum absolute atomic E-state index is 13.8. The molecule has 3 aromatic carbocycles. The van der Waals surface area contributed by atoms with Crippen LogP contribution in [0.15, 0.2) is 72.8 Å². The van der Waals surface area contributed by atoms with Gasteiger partial charge in [-0.25, -0.2) is 8.78 Å². The molecule has 1 amide bonds. The van der Waals surface area contributed by atoms with Gasteiger partial charge in [0.1, 0.15) is 17.7 Å². The number of hydrogen-bond acceptors (Lipinski definition) is 2. The summed E-state index contributed by atoms with van der Waals surface area (Å²) in [5.74, 6) is -1.06. The molecule has 2 N–H and O–H groups in total. The Labute approximate surface area is 150 Å². The van der Waals surface area contributed by atoms with Crippen molar-refractivity contribution in [2.45, 2.75) is 13.0 Å². The van der Waals surface area contributed by atoms with E-state index in [0.29, 0.717) is 16.9 Å². The molecule has 0 spiro atoms. The number of anilines is 2. The van der Waals surface area contributed by atoms with E-state index in [1.54, 1.807) is 19.1 Å². The van der Waals surface area contributed by atoms with Crippen molar-refractivity contribution >= 4 is 17.3 Å². The fourth-order valence-corrected chi connectivity index (χ4v) is 2.54. The largest absolute Gasteiger partial charge is 0.370 e. The van der Waals surface area contributed by atoms with E-state index in [2.05, 4.69) is 10.6 Å². The molecule has 3 rings (SSSR count). The Bertz CT molecular complexity index is 896. The van der Waals surface area contributed by atoms with Gasteiger partial charge in [0.15, 0.2) is 0 Å². The van der Waals surface area contributed by atoms with Crippen molar-refractivity contribution in [3.8, 4) is 0 Å². The molecular formula is C21H18F2N2O. The Balaban J connectivity index is 1.86. The van der Waals surface area contributed by atoms with Gasteiger partial charge in [-0.15, -0.1) is 0 Å². The van der Waals surface area contributed by atoms with Crippen molar-refractivity contribution in [2.75, 3.05) is 10.6 Å². The number of halogens is 2. The molecule has 1 atom stereocenters. The average Bonchev–Trinajstić information content (AvgIpc) is 2.65. The third kappa shape index (κ3) is 4.25. The van der Waals surface area contributed by atoms with Crippen LogP contribution in [0.5, 0.6) is 0 Å². The number of aryl methyl sites for hydroxylation is 1. The van der Waals surface area contributed by atoms with E-state index >= 15 is 0 Å². The molecule has 0 aliphatic rings. The van der Waals surface area contributed by atoms with Crippen LogP contribution < -0.4 is 10.6 Å². The molecule has 0 saturated heterocycles. The van der Waals surface area contributed by atoms with Crippen molar-refractivity contribution in [1.29, 1.82) is 0 Å². The van der Waals surface area contributed by atoms with Crippen molar-refractivity contribution in [1.82, 2.24) is 0 Å². The molecular weight excluding hydrogens is 334 g/mol. The third-order valence-electron chi connectivity index (χ3n) is 3.99. The molecule has 5 heteroatoms. The minimum absolute atomic E-state index is 0.330. The fourth-order valence-electron chi connectivity index (χ4n) is 2.54. The van der Waals surface area contributed by atoms with Gasteiger partial charge < -0.3 is 10.6 Å². The Morgan fingerprint density at radius 1 is 0.885 bits per heavy atom. The molecule has 0 aromatic heterocycles. The monoisotopic (exact) mass is 352 g/mol. The van der Waals surface area contributed by atoms with Gasteiger partial charge in [0.05, 0.1) is 0 Å². The van der Waals surface area contributed by atoms with Crippen molar-refractivity contribution in [3.05, 3.63) is 95.6 Å². The van der Waals surface area contributed by atoms with Gasteiger partial charge >= 0.3 is 0 Å². The molecule has 1 unspecified atom stereocenters. The fraction of sp³-hybridized carbons (Fsp3) is 0.0952. The number of carbonyl (C=O) groups is 1. The molecule has 132 valence electrons. The summed E-state index contributed by atoms with van der Waals surface area (Å²) in [6.45, 7) is 1.68. The lowest BCUT2D eigenvalue weighted by Crippen LogP contribution is -2.27. The van der Waals surface area contributed by atoms with Crippen LogP contribution in [0, 0.1) is 18.6 Å². The van der Waals surface area contributed by atoms with Gasteiger partial charge in [-0.3, -0.25) is 4.79 Å². The first kappa shape index (κ1) is 17.6. The molecule has 0 bridgehead atoms. The van der Waals surface area contributed by atoms with E-state index in [9.17, 15) is 13.6 Å². The predicted molar refractivity (Wildman–Crippen MR) is 99.0 cm³/mol.